The number of nitrogens with one attached hydrogen (secondary N) is 1. The maximum absolute atomic E-state index is 4.09. The Balaban J connectivity index is 2.19. The summed E-state index contributed by atoms with van der Waals surface area (Å²) >= 11 is 0. The van der Waals surface area contributed by atoms with Gasteiger partial charge in [-0.2, -0.15) is 0 Å². The van der Waals surface area contributed by atoms with Crippen LogP contribution < -0.4 is 5.32 Å². The monoisotopic (exact) mass is 225 g/mol. The highest BCUT2D eigenvalue weighted by molar-refractivity contribution is 5.00. The first-order valence-electron chi connectivity index (χ1n) is 6.30. The molecule has 0 atom stereocenters. The highest BCUT2D eigenvalue weighted by atomic mass is 15.1. The summed E-state index contributed by atoms with van der Waals surface area (Å²) in [5.41, 5.74) is 1.30. The first kappa shape index (κ1) is 13.7. The molecule has 0 amide bonds. The molecule has 1 saturated heterocycles. The lowest BCUT2D eigenvalue weighted by molar-refractivity contribution is 0.172. The lowest BCUT2D eigenvalue weighted by Crippen LogP contribution is -2.38. The van der Waals surface area contributed by atoms with Gasteiger partial charge in [-0.1, -0.05) is 6.58 Å². The van der Waals surface area contributed by atoms with Gasteiger partial charge in [-0.3, -0.25) is 4.90 Å². The van der Waals surface area contributed by atoms with Crippen molar-refractivity contribution >= 4 is 0 Å². The highest BCUT2D eigenvalue weighted by Gasteiger charge is 2.19. The van der Waals surface area contributed by atoms with Crippen molar-refractivity contribution in [3.05, 3.63) is 12.2 Å². The van der Waals surface area contributed by atoms with Crippen molar-refractivity contribution in [2.75, 3.05) is 53.9 Å². The number of hydrogen-bond donors (Lipinski definition) is 1. The molecule has 1 heterocycles. The fourth-order valence-corrected chi connectivity index (χ4v) is 2.47. The van der Waals surface area contributed by atoms with Gasteiger partial charge in [0.2, 0.25) is 0 Å². The van der Waals surface area contributed by atoms with Crippen LogP contribution >= 0.6 is 0 Å². The van der Waals surface area contributed by atoms with Crippen molar-refractivity contribution in [2.45, 2.75) is 12.8 Å². The second kappa shape index (κ2) is 7.05. The van der Waals surface area contributed by atoms with Crippen LogP contribution in [0.1, 0.15) is 12.8 Å². The summed E-state index contributed by atoms with van der Waals surface area (Å²) in [5, 5.41) is 3.16. The molecule has 16 heavy (non-hydrogen) atoms. The molecule has 3 nitrogen and oxygen atoms in total. The number of likely N-dealkylation sites (N-methyl/N-ethyl adjacent to an activating group) is 1. The Bertz CT molecular complexity index is 205. The van der Waals surface area contributed by atoms with Crippen molar-refractivity contribution in [3.8, 4) is 0 Å². The third kappa shape index (κ3) is 5.10. The van der Waals surface area contributed by atoms with Gasteiger partial charge < -0.3 is 10.2 Å². The minimum atomic E-state index is 0.892. The molecule has 0 aliphatic carbocycles. The number of hydrogen-bond acceptors (Lipinski definition) is 3. The Morgan fingerprint density at radius 2 is 2.00 bits per heavy atom. The van der Waals surface area contributed by atoms with Gasteiger partial charge >= 0.3 is 0 Å². The summed E-state index contributed by atoms with van der Waals surface area (Å²) in [6.45, 7) is 9.82. The molecule has 0 unspecified atom stereocenters. The van der Waals surface area contributed by atoms with Gasteiger partial charge in [0.25, 0.3) is 0 Å². The van der Waals surface area contributed by atoms with Crippen LogP contribution in [0.3, 0.4) is 0 Å². The average molecular weight is 225 g/mol. The summed E-state index contributed by atoms with van der Waals surface area (Å²) in [4.78, 5) is 4.84. The minimum absolute atomic E-state index is 0.892. The normalized spacial score (nSPS) is 19.2. The zero-order valence-corrected chi connectivity index (χ0v) is 11.1. The molecule has 0 aromatic carbocycles. The molecule has 0 aromatic rings. The summed E-state index contributed by atoms with van der Waals surface area (Å²) < 4.78 is 0. The highest BCUT2D eigenvalue weighted by Crippen LogP contribution is 2.18. The SMILES string of the molecule is C=C(CNC)CN1CCC(CN(C)C)CC1. The Morgan fingerprint density at radius 1 is 1.38 bits per heavy atom. The molecule has 0 spiro atoms. The van der Waals surface area contributed by atoms with E-state index in [4.69, 9.17) is 0 Å². The number of nitrogens with zero attached hydrogens (tertiary/aromatic N) is 2. The van der Waals surface area contributed by atoms with Crippen molar-refractivity contribution in [3.63, 3.8) is 0 Å². The molecule has 94 valence electrons. The van der Waals surface area contributed by atoms with Crippen molar-refractivity contribution in [1.29, 1.82) is 0 Å². The van der Waals surface area contributed by atoms with Crippen molar-refractivity contribution in [1.82, 2.24) is 15.1 Å². The lowest BCUT2D eigenvalue weighted by Gasteiger charge is -2.33. The molecular formula is C13H27N3. The third-order valence-electron chi connectivity index (χ3n) is 3.20. The largest absolute Gasteiger partial charge is 0.316 e. The van der Waals surface area contributed by atoms with E-state index in [9.17, 15) is 0 Å². The summed E-state index contributed by atoms with van der Waals surface area (Å²) in [6.07, 6.45) is 2.68. The van der Waals surface area contributed by atoms with Gasteiger partial charge in [0.15, 0.2) is 0 Å². The predicted octanol–water partition coefficient (Wildman–Crippen LogP) is 1.04. The van der Waals surface area contributed by atoms with E-state index in [0.717, 1.165) is 19.0 Å². The molecule has 1 aliphatic heterocycles. The molecule has 1 aliphatic rings. The Labute approximate surface area is 100 Å². The van der Waals surface area contributed by atoms with Gasteiger partial charge in [0.05, 0.1) is 0 Å². The summed E-state index contributed by atoms with van der Waals surface area (Å²) in [6, 6.07) is 0. The van der Waals surface area contributed by atoms with E-state index in [-0.39, 0.29) is 0 Å². The van der Waals surface area contributed by atoms with Crippen LogP contribution in [0.4, 0.5) is 0 Å². The number of likely N-dealkylation sites (tertiary alicyclic amines) is 1. The summed E-state index contributed by atoms with van der Waals surface area (Å²) in [5.74, 6) is 0.892. The maximum atomic E-state index is 4.09. The van der Waals surface area contributed by atoms with E-state index in [1.165, 1.54) is 38.0 Å². The maximum Gasteiger partial charge on any atom is 0.0202 e. The zero-order chi connectivity index (χ0) is 12.0. The van der Waals surface area contributed by atoms with E-state index >= 15 is 0 Å². The first-order valence-corrected chi connectivity index (χ1v) is 6.30. The van der Waals surface area contributed by atoms with Crippen LogP contribution in [-0.4, -0.2) is 63.7 Å². The second-order valence-corrected chi connectivity index (χ2v) is 5.26. The topological polar surface area (TPSA) is 18.5 Å². The van der Waals surface area contributed by atoms with E-state index in [1.54, 1.807) is 0 Å². The molecule has 0 saturated carbocycles. The van der Waals surface area contributed by atoms with Gasteiger partial charge in [-0.15, -0.1) is 0 Å². The third-order valence-corrected chi connectivity index (χ3v) is 3.20. The Morgan fingerprint density at radius 3 is 2.50 bits per heavy atom. The fourth-order valence-electron chi connectivity index (χ4n) is 2.47. The van der Waals surface area contributed by atoms with Crippen LogP contribution in [0, 0.1) is 5.92 Å². The zero-order valence-electron chi connectivity index (χ0n) is 11.1. The number of rotatable bonds is 6. The second-order valence-electron chi connectivity index (χ2n) is 5.26. The van der Waals surface area contributed by atoms with Gasteiger partial charge in [-0.25, -0.2) is 0 Å². The average Bonchev–Trinajstić information content (AvgIpc) is 2.20. The number of piperidine rings is 1. The lowest BCUT2D eigenvalue weighted by atomic mass is 9.96. The van der Waals surface area contributed by atoms with Crippen LogP contribution in [-0.2, 0) is 0 Å². The molecule has 0 bridgehead atoms. The van der Waals surface area contributed by atoms with Crippen LogP contribution in [0.2, 0.25) is 0 Å². The van der Waals surface area contributed by atoms with Gasteiger partial charge in [-0.05, 0) is 58.6 Å². The molecule has 1 fully saturated rings. The van der Waals surface area contributed by atoms with E-state index in [1.807, 2.05) is 7.05 Å². The first-order chi connectivity index (χ1) is 7.61. The molecule has 0 radical (unpaired) electrons. The van der Waals surface area contributed by atoms with Crippen molar-refractivity contribution < 1.29 is 0 Å². The Kier molecular flexibility index (Phi) is 6.03. The fraction of sp³-hybridized carbons (Fsp3) is 0.846. The van der Waals surface area contributed by atoms with Gasteiger partial charge in [0, 0.05) is 19.6 Å². The van der Waals surface area contributed by atoms with Crippen LogP contribution in [0.25, 0.3) is 0 Å². The van der Waals surface area contributed by atoms with E-state index in [0.29, 0.717) is 0 Å². The molecule has 0 aromatic heterocycles. The van der Waals surface area contributed by atoms with Gasteiger partial charge in [0.1, 0.15) is 0 Å². The molecule has 1 N–H and O–H groups in total. The quantitative estimate of drug-likeness (QED) is 0.681. The predicted molar refractivity (Wildman–Crippen MR) is 70.8 cm³/mol. The molecule has 1 rings (SSSR count). The van der Waals surface area contributed by atoms with E-state index in [2.05, 4.69) is 35.8 Å². The standard InChI is InChI=1S/C13H27N3/c1-12(9-14-2)10-16-7-5-13(6-8-16)11-15(3)4/h13-14H,1,5-11H2,2-4H3. The summed E-state index contributed by atoms with van der Waals surface area (Å²) in [7, 11) is 6.32. The Hall–Kier alpha value is -0.380. The smallest absolute Gasteiger partial charge is 0.0202 e. The van der Waals surface area contributed by atoms with Crippen LogP contribution in [0.5, 0.6) is 0 Å². The van der Waals surface area contributed by atoms with Crippen molar-refractivity contribution in [2.24, 2.45) is 5.92 Å². The van der Waals surface area contributed by atoms with E-state index < -0.39 is 0 Å². The molecule has 3 heteroatoms. The minimum Gasteiger partial charge on any atom is -0.316 e. The molecular weight excluding hydrogens is 198 g/mol. The van der Waals surface area contributed by atoms with Crippen LogP contribution in [0.15, 0.2) is 12.2 Å².